The highest BCUT2D eigenvalue weighted by atomic mass is 16.5. The van der Waals surface area contributed by atoms with Gasteiger partial charge in [0.05, 0.1) is 32.8 Å². The third-order valence-electron chi connectivity index (χ3n) is 5.79. The summed E-state index contributed by atoms with van der Waals surface area (Å²) < 4.78 is 5.70. The highest BCUT2D eigenvalue weighted by Crippen LogP contribution is 2.18. The first-order chi connectivity index (χ1) is 16.9. The van der Waals surface area contributed by atoms with Crippen LogP contribution in [0.2, 0.25) is 0 Å². The average molecular weight is 509 g/mol. The van der Waals surface area contributed by atoms with E-state index in [1.807, 2.05) is 29.2 Å². The third kappa shape index (κ3) is 11.8. The summed E-state index contributed by atoms with van der Waals surface area (Å²) in [5.74, 6) is -2.91. The summed E-state index contributed by atoms with van der Waals surface area (Å²) in [5.41, 5.74) is 1.90. The number of anilines is 1. The van der Waals surface area contributed by atoms with Gasteiger partial charge in [-0.1, -0.05) is 12.1 Å². The van der Waals surface area contributed by atoms with E-state index in [9.17, 15) is 29.7 Å². The second-order valence-electron chi connectivity index (χ2n) is 10.2. The Kier molecular flexibility index (Phi) is 11.6. The van der Waals surface area contributed by atoms with Crippen molar-refractivity contribution >= 4 is 23.6 Å². The molecule has 202 valence electrons. The zero-order valence-electron chi connectivity index (χ0n) is 21.5. The van der Waals surface area contributed by atoms with Crippen LogP contribution < -0.4 is 5.32 Å². The molecule has 0 saturated carbocycles. The van der Waals surface area contributed by atoms with Crippen LogP contribution in [-0.2, 0) is 25.5 Å². The van der Waals surface area contributed by atoms with Gasteiger partial charge >= 0.3 is 17.9 Å². The molecule has 0 bridgehead atoms. The van der Waals surface area contributed by atoms with Crippen LogP contribution in [0.25, 0.3) is 0 Å². The molecule has 0 aromatic heterocycles. The normalized spacial score (nSPS) is 19.7. The lowest BCUT2D eigenvalue weighted by Gasteiger charge is -2.36. The molecule has 4 N–H and O–H groups in total. The van der Waals surface area contributed by atoms with Crippen molar-refractivity contribution in [2.45, 2.75) is 38.8 Å². The summed E-state index contributed by atoms with van der Waals surface area (Å²) in [5, 5.41) is 31.7. The van der Waals surface area contributed by atoms with E-state index >= 15 is 0 Å². The van der Waals surface area contributed by atoms with Gasteiger partial charge in [-0.15, -0.1) is 0 Å². The van der Waals surface area contributed by atoms with Gasteiger partial charge in [0.25, 0.3) is 0 Å². The number of aliphatic carboxylic acids is 3. The molecule has 1 aromatic rings. The maximum atomic E-state index is 11.7. The first kappa shape index (κ1) is 29.5. The number of hydrogen-bond acceptors (Lipinski definition) is 8. The van der Waals surface area contributed by atoms with Gasteiger partial charge in [0.15, 0.2) is 0 Å². The van der Waals surface area contributed by atoms with Crippen LogP contribution in [0.3, 0.4) is 0 Å². The molecule has 1 heterocycles. The summed E-state index contributed by atoms with van der Waals surface area (Å²) >= 11 is 0. The number of carboxylic acid groups (broad SMARTS) is 3. The molecule has 36 heavy (non-hydrogen) atoms. The number of hydrogen-bond donors (Lipinski definition) is 4. The van der Waals surface area contributed by atoms with Crippen molar-refractivity contribution in [3.63, 3.8) is 0 Å². The Bertz CT molecular complexity index is 857. The molecule has 11 heteroatoms. The van der Waals surface area contributed by atoms with Crippen LogP contribution in [0, 0.1) is 0 Å². The van der Waals surface area contributed by atoms with Crippen LogP contribution in [-0.4, -0.2) is 125 Å². The lowest BCUT2D eigenvalue weighted by Crippen LogP contribution is -2.51. The first-order valence-corrected chi connectivity index (χ1v) is 12.2. The van der Waals surface area contributed by atoms with Crippen LogP contribution in [0.5, 0.6) is 0 Å². The number of ether oxygens (including phenoxy) is 1. The predicted molar refractivity (Wildman–Crippen MR) is 135 cm³/mol. The monoisotopic (exact) mass is 508 g/mol. The van der Waals surface area contributed by atoms with Crippen molar-refractivity contribution in [3.8, 4) is 0 Å². The topological polar surface area (TPSA) is 143 Å². The van der Waals surface area contributed by atoms with Crippen LogP contribution in [0.15, 0.2) is 24.3 Å². The Morgan fingerprint density at radius 1 is 0.861 bits per heavy atom. The summed E-state index contributed by atoms with van der Waals surface area (Å²) in [7, 11) is 0. The number of carboxylic acids is 3. The highest BCUT2D eigenvalue weighted by Gasteiger charge is 2.26. The molecule has 2 rings (SSSR count). The SMILES string of the molecule is CC(C)(C)Nc1ccc(CC2CN(CC(=O)O)CCN(CC(=O)O)CCOCCN2CC(=O)O)cc1. The van der Waals surface area contributed by atoms with E-state index in [2.05, 4.69) is 26.1 Å². The third-order valence-corrected chi connectivity index (χ3v) is 5.79. The largest absolute Gasteiger partial charge is 0.480 e. The van der Waals surface area contributed by atoms with E-state index in [1.165, 1.54) is 0 Å². The van der Waals surface area contributed by atoms with E-state index < -0.39 is 17.9 Å². The van der Waals surface area contributed by atoms with Crippen molar-refractivity contribution in [1.82, 2.24) is 14.7 Å². The fraction of sp³-hybridized carbons (Fsp3) is 0.640. The average Bonchev–Trinajstić information content (AvgIpc) is 2.74. The first-order valence-electron chi connectivity index (χ1n) is 12.2. The van der Waals surface area contributed by atoms with Crippen molar-refractivity contribution in [2.75, 3.05) is 70.9 Å². The van der Waals surface area contributed by atoms with E-state index in [4.69, 9.17) is 4.74 Å². The van der Waals surface area contributed by atoms with Gasteiger partial charge in [-0.05, 0) is 44.9 Å². The standard InChI is InChI=1S/C25H40N4O7/c1-25(2,3)26-20-6-4-19(5-7-20)14-21-15-28(17-23(32)33)9-8-27(16-22(30)31)10-12-36-13-11-29(21)18-24(34)35/h4-7,21,26H,8-18H2,1-3H3,(H,30,31)(H,32,33)(H,34,35). The maximum Gasteiger partial charge on any atom is 0.317 e. The Labute approximate surface area is 212 Å². The smallest absolute Gasteiger partial charge is 0.317 e. The number of benzene rings is 1. The number of carbonyl (C=O) groups is 3. The number of nitrogens with one attached hydrogen (secondary N) is 1. The minimum atomic E-state index is -0.989. The quantitative estimate of drug-likeness (QED) is 0.379. The minimum absolute atomic E-state index is 0.0841. The van der Waals surface area contributed by atoms with Crippen molar-refractivity contribution in [2.24, 2.45) is 0 Å². The van der Waals surface area contributed by atoms with Crippen LogP contribution in [0.4, 0.5) is 5.69 Å². The zero-order valence-corrected chi connectivity index (χ0v) is 21.5. The van der Waals surface area contributed by atoms with Crippen LogP contribution >= 0.6 is 0 Å². The molecular formula is C25H40N4O7. The number of nitrogens with zero attached hydrogens (tertiary/aromatic N) is 3. The van der Waals surface area contributed by atoms with Gasteiger partial charge in [-0.2, -0.15) is 0 Å². The van der Waals surface area contributed by atoms with Gasteiger partial charge < -0.3 is 25.4 Å². The molecule has 0 radical (unpaired) electrons. The molecule has 1 saturated heterocycles. The summed E-state index contributed by atoms with van der Waals surface area (Å²) in [6, 6.07) is 7.68. The molecule has 0 aliphatic carbocycles. The molecule has 1 atom stereocenters. The lowest BCUT2D eigenvalue weighted by molar-refractivity contribution is -0.141. The van der Waals surface area contributed by atoms with Gasteiger partial charge in [0.2, 0.25) is 0 Å². The Hall–Kier alpha value is -2.73. The Morgan fingerprint density at radius 2 is 1.42 bits per heavy atom. The van der Waals surface area contributed by atoms with Gasteiger partial charge in [-0.3, -0.25) is 29.1 Å². The predicted octanol–water partition coefficient (Wildman–Crippen LogP) is 0.998. The molecule has 1 aliphatic rings. The van der Waals surface area contributed by atoms with Crippen molar-refractivity contribution < 1.29 is 34.4 Å². The summed E-state index contributed by atoms with van der Waals surface area (Å²) in [4.78, 5) is 39.8. The summed E-state index contributed by atoms with van der Waals surface area (Å²) in [6.45, 7) is 8.03. The van der Waals surface area contributed by atoms with Crippen molar-refractivity contribution in [3.05, 3.63) is 29.8 Å². The Balaban J connectivity index is 2.27. The van der Waals surface area contributed by atoms with E-state index in [0.717, 1.165) is 11.3 Å². The van der Waals surface area contributed by atoms with Gasteiger partial charge in [0.1, 0.15) is 0 Å². The van der Waals surface area contributed by atoms with Crippen LogP contribution in [0.1, 0.15) is 26.3 Å². The fourth-order valence-corrected chi connectivity index (χ4v) is 4.25. The second-order valence-corrected chi connectivity index (χ2v) is 10.2. The molecule has 1 unspecified atom stereocenters. The van der Waals surface area contributed by atoms with E-state index in [0.29, 0.717) is 45.8 Å². The minimum Gasteiger partial charge on any atom is -0.480 e. The molecule has 11 nitrogen and oxygen atoms in total. The highest BCUT2D eigenvalue weighted by molar-refractivity contribution is 5.70. The molecule has 1 aromatic carbocycles. The lowest BCUT2D eigenvalue weighted by atomic mass is 10.0. The second kappa shape index (κ2) is 14.1. The molecular weight excluding hydrogens is 468 g/mol. The molecule has 0 spiro atoms. The molecule has 0 amide bonds. The fourth-order valence-electron chi connectivity index (χ4n) is 4.25. The molecule has 1 fully saturated rings. The molecule has 1 aliphatic heterocycles. The Morgan fingerprint density at radius 3 is 2.00 bits per heavy atom. The van der Waals surface area contributed by atoms with E-state index in [1.54, 1.807) is 9.80 Å². The van der Waals surface area contributed by atoms with Gasteiger partial charge in [0, 0.05) is 50.0 Å². The zero-order chi connectivity index (χ0) is 26.7. The summed E-state index contributed by atoms with van der Waals surface area (Å²) in [6.07, 6.45) is 0.526. The maximum absolute atomic E-state index is 11.7. The van der Waals surface area contributed by atoms with Gasteiger partial charge in [-0.25, -0.2) is 0 Å². The number of rotatable bonds is 9. The van der Waals surface area contributed by atoms with E-state index in [-0.39, 0.29) is 37.8 Å². The van der Waals surface area contributed by atoms with Crippen molar-refractivity contribution in [1.29, 1.82) is 0 Å².